The Hall–Kier alpha value is -1.33. The molecule has 0 amide bonds. The maximum Gasteiger partial charge on any atom is 0.287 e. The summed E-state index contributed by atoms with van der Waals surface area (Å²) >= 11 is 7.80. The van der Waals surface area contributed by atoms with E-state index in [0.29, 0.717) is 12.2 Å². The highest BCUT2D eigenvalue weighted by Crippen LogP contribution is 2.27. The van der Waals surface area contributed by atoms with E-state index < -0.39 is 0 Å². The van der Waals surface area contributed by atoms with E-state index in [1.807, 2.05) is 13.8 Å². The van der Waals surface area contributed by atoms with E-state index in [0.717, 1.165) is 0 Å². The summed E-state index contributed by atoms with van der Waals surface area (Å²) < 4.78 is 1.34. The van der Waals surface area contributed by atoms with E-state index in [4.69, 9.17) is 11.6 Å². The third-order valence-corrected chi connectivity index (χ3v) is 4.39. The zero-order chi connectivity index (χ0) is 14.0. The highest BCUT2D eigenvalue weighted by molar-refractivity contribution is 7.12. The van der Waals surface area contributed by atoms with Crippen LogP contribution in [0.25, 0.3) is 0 Å². The second-order valence-electron chi connectivity index (χ2n) is 4.31. The molecule has 0 spiro atoms. The van der Waals surface area contributed by atoms with Crippen LogP contribution in [0.4, 0.5) is 5.69 Å². The fourth-order valence-corrected chi connectivity index (χ4v) is 2.86. The normalized spacial score (nSPS) is 12.4. The van der Waals surface area contributed by atoms with Gasteiger partial charge in [0.05, 0.1) is 17.9 Å². The van der Waals surface area contributed by atoms with Gasteiger partial charge in [-0.1, -0.05) is 11.6 Å². The molecule has 0 bridgehead atoms. The van der Waals surface area contributed by atoms with Crippen LogP contribution in [0.15, 0.2) is 23.1 Å². The first-order chi connectivity index (χ1) is 9.02. The van der Waals surface area contributed by atoms with Gasteiger partial charge in [-0.3, -0.25) is 4.79 Å². The smallest absolute Gasteiger partial charge is 0.287 e. The quantitative estimate of drug-likeness (QED) is 0.940. The maximum atomic E-state index is 11.9. The average Bonchev–Trinajstić information content (AvgIpc) is 2.82. The van der Waals surface area contributed by atoms with Crippen LogP contribution < -0.4 is 10.9 Å². The molecule has 0 aliphatic heterocycles. The van der Waals surface area contributed by atoms with Gasteiger partial charge in [-0.25, -0.2) is 4.68 Å². The SMILES string of the molecule is CCn1ncc(NC(C)c2ccc(C)s2)c(Cl)c1=O. The Morgan fingerprint density at radius 2 is 2.26 bits per heavy atom. The Morgan fingerprint density at radius 1 is 1.53 bits per heavy atom. The summed E-state index contributed by atoms with van der Waals surface area (Å²) in [5.41, 5.74) is 0.318. The Morgan fingerprint density at radius 3 is 2.84 bits per heavy atom. The highest BCUT2D eigenvalue weighted by atomic mass is 35.5. The minimum atomic E-state index is -0.260. The molecule has 19 heavy (non-hydrogen) atoms. The molecule has 0 saturated heterocycles. The van der Waals surface area contributed by atoms with Gasteiger partial charge in [0.1, 0.15) is 5.02 Å². The first-order valence-electron chi connectivity index (χ1n) is 6.11. The first-order valence-corrected chi connectivity index (χ1v) is 7.31. The van der Waals surface area contributed by atoms with Crippen molar-refractivity contribution in [3.8, 4) is 0 Å². The summed E-state index contributed by atoms with van der Waals surface area (Å²) in [6.07, 6.45) is 1.60. The van der Waals surface area contributed by atoms with E-state index in [2.05, 4.69) is 29.5 Å². The predicted octanol–water partition coefficient (Wildman–Crippen LogP) is 3.46. The van der Waals surface area contributed by atoms with Gasteiger partial charge in [0.2, 0.25) is 0 Å². The van der Waals surface area contributed by atoms with Gasteiger partial charge in [0, 0.05) is 16.3 Å². The van der Waals surface area contributed by atoms with Crippen LogP contribution >= 0.6 is 22.9 Å². The fraction of sp³-hybridized carbons (Fsp3) is 0.385. The number of rotatable bonds is 4. The second kappa shape index (κ2) is 5.75. The Bertz CT molecular complexity index is 635. The highest BCUT2D eigenvalue weighted by Gasteiger charge is 2.13. The van der Waals surface area contributed by atoms with Crippen molar-refractivity contribution in [3.05, 3.63) is 43.5 Å². The molecule has 2 aromatic rings. The number of nitrogens with zero attached hydrogens (tertiary/aromatic N) is 2. The molecule has 1 N–H and O–H groups in total. The number of hydrogen-bond donors (Lipinski definition) is 1. The van der Waals surface area contributed by atoms with Crippen molar-refractivity contribution in [2.75, 3.05) is 5.32 Å². The van der Waals surface area contributed by atoms with E-state index in [1.54, 1.807) is 17.5 Å². The van der Waals surface area contributed by atoms with Crippen LogP contribution in [-0.4, -0.2) is 9.78 Å². The van der Waals surface area contributed by atoms with Crippen LogP contribution in [0.5, 0.6) is 0 Å². The van der Waals surface area contributed by atoms with Crippen molar-refractivity contribution < 1.29 is 0 Å². The van der Waals surface area contributed by atoms with Crippen molar-refractivity contribution in [2.45, 2.75) is 33.4 Å². The molecular weight excluding hydrogens is 282 g/mol. The molecule has 6 heteroatoms. The van der Waals surface area contributed by atoms with Crippen LogP contribution in [0.3, 0.4) is 0 Å². The zero-order valence-corrected chi connectivity index (χ0v) is 12.7. The molecule has 0 radical (unpaired) electrons. The van der Waals surface area contributed by atoms with Crippen molar-refractivity contribution in [2.24, 2.45) is 0 Å². The van der Waals surface area contributed by atoms with Crippen LogP contribution in [0.1, 0.15) is 29.6 Å². The topological polar surface area (TPSA) is 46.9 Å². The number of aromatic nitrogens is 2. The standard InChI is InChI=1S/C13H16ClN3OS/c1-4-17-13(18)12(14)10(7-15-17)16-9(3)11-6-5-8(2)19-11/h5-7,9,16H,4H2,1-3H3. The largest absolute Gasteiger partial charge is 0.375 e. The summed E-state index contributed by atoms with van der Waals surface area (Å²) in [5, 5.41) is 7.50. The molecule has 4 nitrogen and oxygen atoms in total. The average molecular weight is 298 g/mol. The number of anilines is 1. The first kappa shape index (κ1) is 14.1. The third kappa shape index (κ3) is 2.98. The van der Waals surface area contributed by atoms with Gasteiger partial charge < -0.3 is 5.32 Å². The molecule has 2 heterocycles. The van der Waals surface area contributed by atoms with E-state index in [-0.39, 0.29) is 16.6 Å². The molecule has 1 unspecified atom stereocenters. The van der Waals surface area contributed by atoms with Gasteiger partial charge in [-0.05, 0) is 32.9 Å². The van der Waals surface area contributed by atoms with E-state index in [9.17, 15) is 4.79 Å². The van der Waals surface area contributed by atoms with Crippen LogP contribution in [0, 0.1) is 6.92 Å². The maximum absolute atomic E-state index is 11.9. The van der Waals surface area contributed by atoms with Gasteiger partial charge in [-0.15, -0.1) is 11.3 Å². The second-order valence-corrected chi connectivity index (χ2v) is 6.01. The fourth-order valence-electron chi connectivity index (χ4n) is 1.78. The van der Waals surface area contributed by atoms with Crippen molar-refractivity contribution in [3.63, 3.8) is 0 Å². The number of halogens is 1. The van der Waals surface area contributed by atoms with Crippen LogP contribution in [-0.2, 0) is 6.54 Å². The summed E-state index contributed by atoms with van der Waals surface area (Å²) in [7, 11) is 0. The van der Waals surface area contributed by atoms with Crippen molar-refractivity contribution >= 4 is 28.6 Å². The number of hydrogen-bond acceptors (Lipinski definition) is 4. The van der Waals surface area contributed by atoms with E-state index >= 15 is 0 Å². The molecule has 0 fully saturated rings. The summed E-state index contributed by atoms with van der Waals surface area (Å²) in [5.74, 6) is 0. The minimum Gasteiger partial charge on any atom is -0.375 e. The number of thiophene rings is 1. The van der Waals surface area contributed by atoms with Gasteiger partial charge >= 0.3 is 0 Å². The lowest BCUT2D eigenvalue weighted by Crippen LogP contribution is -2.23. The van der Waals surface area contributed by atoms with E-state index in [1.165, 1.54) is 14.4 Å². The summed E-state index contributed by atoms with van der Waals surface area (Å²) in [6, 6.07) is 4.24. The predicted molar refractivity (Wildman–Crippen MR) is 80.3 cm³/mol. The molecule has 0 aliphatic rings. The molecule has 2 rings (SSSR count). The van der Waals surface area contributed by atoms with Gasteiger partial charge in [0.25, 0.3) is 5.56 Å². The Balaban J connectivity index is 2.24. The Labute approximate surface area is 121 Å². The molecular formula is C13H16ClN3OS. The number of nitrogens with one attached hydrogen (secondary N) is 1. The zero-order valence-electron chi connectivity index (χ0n) is 11.1. The van der Waals surface area contributed by atoms with Crippen LogP contribution in [0.2, 0.25) is 5.02 Å². The lowest BCUT2D eigenvalue weighted by Gasteiger charge is -2.15. The summed E-state index contributed by atoms with van der Waals surface area (Å²) in [6.45, 7) is 6.47. The molecule has 102 valence electrons. The molecule has 1 atom stereocenters. The van der Waals surface area contributed by atoms with Gasteiger partial charge in [-0.2, -0.15) is 5.10 Å². The lowest BCUT2D eigenvalue weighted by atomic mass is 10.2. The van der Waals surface area contributed by atoms with Crippen molar-refractivity contribution in [1.82, 2.24) is 9.78 Å². The number of aryl methyl sites for hydroxylation is 2. The monoisotopic (exact) mass is 297 g/mol. The van der Waals surface area contributed by atoms with Gasteiger partial charge in [0.15, 0.2) is 0 Å². The minimum absolute atomic E-state index is 0.0925. The molecule has 0 aromatic carbocycles. The lowest BCUT2D eigenvalue weighted by molar-refractivity contribution is 0.615. The molecule has 0 saturated carbocycles. The Kier molecular flexibility index (Phi) is 4.27. The molecule has 2 aromatic heterocycles. The third-order valence-electron chi connectivity index (χ3n) is 2.84. The van der Waals surface area contributed by atoms with Crippen molar-refractivity contribution in [1.29, 1.82) is 0 Å². The molecule has 0 aliphatic carbocycles. The summed E-state index contributed by atoms with van der Waals surface area (Å²) in [4.78, 5) is 14.3.